The molecule has 8 heteroatoms. The maximum Gasteiger partial charge on any atom is 0.257 e. The number of carbonyl (C=O) groups excluding carboxylic acids is 2. The molecule has 168 valence electrons. The number of rotatable bonds is 7. The van der Waals surface area contributed by atoms with Crippen LogP contribution in [-0.2, 0) is 11.2 Å². The van der Waals surface area contributed by atoms with Gasteiger partial charge in [0.2, 0.25) is 5.91 Å². The molecule has 1 aliphatic rings. The van der Waals surface area contributed by atoms with Crippen LogP contribution in [0.15, 0.2) is 60.1 Å². The molecule has 3 N–H and O–H groups in total. The third-order valence-corrected chi connectivity index (χ3v) is 6.29. The van der Waals surface area contributed by atoms with Crippen LogP contribution < -0.4 is 16.0 Å². The van der Waals surface area contributed by atoms with Crippen LogP contribution in [0.1, 0.15) is 35.2 Å². The maximum atomic E-state index is 12.5. The third-order valence-electron chi connectivity index (χ3n) is 5.60. The number of aromatic nitrogens is 1. The SMILES string of the molecule is N#C[C@H](Cc1ccc(-c2cccc(C(=O)Nc3nccs3)c2)cc1)NC(=O)[C@@H]1CCCCN1. The van der Waals surface area contributed by atoms with Crippen LogP contribution in [0, 0.1) is 11.3 Å². The van der Waals surface area contributed by atoms with Crippen LogP contribution in [0.3, 0.4) is 0 Å². The van der Waals surface area contributed by atoms with Crippen molar-refractivity contribution >= 4 is 28.3 Å². The lowest BCUT2D eigenvalue weighted by atomic mass is 9.99. The highest BCUT2D eigenvalue weighted by molar-refractivity contribution is 7.13. The molecule has 1 saturated heterocycles. The molecule has 2 atom stereocenters. The normalized spacial score (nSPS) is 16.4. The zero-order chi connectivity index (χ0) is 23.0. The number of nitriles is 1. The number of amides is 2. The summed E-state index contributed by atoms with van der Waals surface area (Å²) >= 11 is 1.37. The summed E-state index contributed by atoms with van der Waals surface area (Å²) in [5, 5.41) is 20.7. The van der Waals surface area contributed by atoms with E-state index in [1.165, 1.54) is 11.3 Å². The summed E-state index contributed by atoms with van der Waals surface area (Å²) in [5.74, 6) is -0.311. The lowest BCUT2D eigenvalue weighted by Crippen LogP contribution is -2.49. The minimum atomic E-state index is -0.579. The Balaban J connectivity index is 1.39. The van der Waals surface area contributed by atoms with Crippen molar-refractivity contribution in [2.75, 3.05) is 11.9 Å². The quantitative estimate of drug-likeness (QED) is 0.499. The Morgan fingerprint density at radius 1 is 1.18 bits per heavy atom. The van der Waals surface area contributed by atoms with Gasteiger partial charge in [0.05, 0.1) is 12.1 Å². The summed E-state index contributed by atoms with van der Waals surface area (Å²) in [4.78, 5) is 29.0. The molecule has 2 aromatic carbocycles. The lowest BCUT2D eigenvalue weighted by molar-refractivity contribution is -0.124. The van der Waals surface area contributed by atoms with E-state index in [2.05, 4.69) is 27.0 Å². The fraction of sp³-hybridized carbons (Fsp3) is 0.280. The van der Waals surface area contributed by atoms with Gasteiger partial charge >= 0.3 is 0 Å². The predicted molar refractivity (Wildman–Crippen MR) is 129 cm³/mol. The van der Waals surface area contributed by atoms with Gasteiger partial charge < -0.3 is 10.6 Å². The molecule has 33 heavy (non-hydrogen) atoms. The highest BCUT2D eigenvalue weighted by atomic mass is 32.1. The topological polar surface area (TPSA) is 107 Å². The fourth-order valence-electron chi connectivity index (χ4n) is 3.84. The van der Waals surface area contributed by atoms with Gasteiger partial charge in [-0.1, -0.05) is 42.8 Å². The van der Waals surface area contributed by atoms with E-state index < -0.39 is 6.04 Å². The lowest BCUT2D eigenvalue weighted by Gasteiger charge is -2.23. The van der Waals surface area contributed by atoms with Gasteiger partial charge in [0, 0.05) is 23.6 Å². The molecule has 2 amide bonds. The van der Waals surface area contributed by atoms with Crippen molar-refractivity contribution in [3.8, 4) is 17.2 Å². The Morgan fingerprint density at radius 3 is 2.73 bits per heavy atom. The molecule has 0 spiro atoms. The number of thiazole rings is 1. The first-order valence-electron chi connectivity index (χ1n) is 11.0. The van der Waals surface area contributed by atoms with Crippen LogP contribution in [0.25, 0.3) is 11.1 Å². The Bertz CT molecular complexity index is 1130. The number of anilines is 1. The van der Waals surface area contributed by atoms with E-state index in [1.807, 2.05) is 47.8 Å². The molecular weight excluding hydrogens is 434 g/mol. The Hall–Kier alpha value is -3.54. The van der Waals surface area contributed by atoms with Crippen molar-refractivity contribution < 1.29 is 9.59 Å². The summed E-state index contributed by atoms with van der Waals surface area (Å²) in [7, 11) is 0. The van der Waals surface area contributed by atoms with Crippen molar-refractivity contribution in [3.63, 3.8) is 0 Å². The van der Waals surface area contributed by atoms with Crippen LogP contribution in [-0.4, -0.2) is 35.4 Å². The van der Waals surface area contributed by atoms with Crippen molar-refractivity contribution in [3.05, 3.63) is 71.2 Å². The second-order valence-corrected chi connectivity index (χ2v) is 8.86. The third kappa shape index (κ3) is 6.04. The van der Waals surface area contributed by atoms with Crippen LogP contribution in [0.5, 0.6) is 0 Å². The highest BCUT2D eigenvalue weighted by Gasteiger charge is 2.23. The second kappa shape index (κ2) is 10.9. The van der Waals surface area contributed by atoms with E-state index in [1.54, 1.807) is 12.3 Å². The van der Waals surface area contributed by atoms with Crippen LogP contribution in [0.4, 0.5) is 5.13 Å². The number of piperidine rings is 1. The summed E-state index contributed by atoms with van der Waals surface area (Å²) in [6.45, 7) is 0.838. The Kier molecular flexibility index (Phi) is 7.45. The van der Waals surface area contributed by atoms with Crippen LogP contribution >= 0.6 is 11.3 Å². The van der Waals surface area contributed by atoms with Gasteiger partial charge in [-0.15, -0.1) is 11.3 Å². The molecule has 1 fully saturated rings. The molecule has 7 nitrogen and oxygen atoms in total. The first-order valence-corrected chi connectivity index (χ1v) is 11.8. The van der Waals surface area contributed by atoms with Crippen LogP contribution in [0.2, 0.25) is 0 Å². The van der Waals surface area contributed by atoms with Gasteiger partial charge in [-0.2, -0.15) is 5.26 Å². The summed E-state index contributed by atoms with van der Waals surface area (Å²) in [5.41, 5.74) is 3.39. The number of carbonyl (C=O) groups is 2. The molecule has 4 rings (SSSR count). The standard InChI is InChI=1S/C25H25N5O2S/c26-16-21(29-24(32)22-6-1-2-11-27-22)14-17-7-9-18(10-8-17)19-4-3-5-20(15-19)23(31)30-25-28-12-13-33-25/h3-5,7-10,12-13,15,21-22,27H,1-2,6,11,14H2,(H,29,32)(H,28,30,31)/t21-,22-/m0/s1. The molecule has 0 saturated carbocycles. The molecule has 1 aliphatic heterocycles. The number of hydrogen-bond donors (Lipinski definition) is 3. The van der Waals surface area contributed by atoms with Gasteiger partial charge in [-0.25, -0.2) is 4.98 Å². The number of benzene rings is 2. The van der Waals surface area contributed by atoms with Gasteiger partial charge in [0.25, 0.3) is 5.91 Å². The molecule has 0 unspecified atom stereocenters. The number of nitrogens with zero attached hydrogens (tertiary/aromatic N) is 2. The minimum Gasteiger partial charge on any atom is -0.339 e. The average Bonchev–Trinajstić information content (AvgIpc) is 3.37. The van der Waals surface area contributed by atoms with E-state index in [-0.39, 0.29) is 17.9 Å². The fourth-order valence-corrected chi connectivity index (χ4v) is 4.36. The Morgan fingerprint density at radius 2 is 2.03 bits per heavy atom. The van der Waals surface area contributed by atoms with E-state index in [0.717, 1.165) is 42.5 Å². The first-order chi connectivity index (χ1) is 16.1. The molecule has 0 bridgehead atoms. The molecular formula is C25H25N5O2S. The van der Waals surface area contributed by atoms with Crippen molar-refractivity contribution in [2.24, 2.45) is 0 Å². The smallest absolute Gasteiger partial charge is 0.257 e. The number of nitrogens with one attached hydrogen (secondary N) is 3. The highest BCUT2D eigenvalue weighted by Crippen LogP contribution is 2.22. The first kappa shape index (κ1) is 22.6. The molecule has 3 aromatic rings. The van der Waals surface area contributed by atoms with E-state index in [4.69, 9.17) is 0 Å². The zero-order valence-corrected chi connectivity index (χ0v) is 18.9. The summed E-state index contributed by atoms with van der Waals surface area (Å²) in [6.07, 6.45) is 4.99. The maximum absolute atomic E-state index is 12.5. The predicted octanol–water partition coefficient (Wildman–Crippen LogP) is 3.76. The molecule has 0 aliphatic carbocycles. The largest absolute Gasteiger partial charge is 0.339 e. The molecule has 1 aromatic heterocycles. The molecule has 2 heterocycles. The minimum absolute atomic E-state index is 0.106. The van der Waals surface area contributed by atoms with E-state index in [9.17, 15) is 14.9 Å². The average molecular weight is 460 g/mol. The van der Waals surface area contributed by atoms with Gasteiger partial charge in [0.15, 0.2) is 5.13 Å². The van der Waals surface area contributed by atoms with E-state index >= 15 is 0 Å². The summed E-state index contributed by atoms with van der Waals surface area (Å²) < 4.78 is 0. The van der Waals surface area contributed by atoms with Gasteiger partial charge in [-0.3, -0.25) is 14.9 Å². The van der Waals surface area contributed by atoms with Crippen molar-refractivity contribution in [2.45, 2.75) is 37.8 Å². The monoisotopic (exact) mass is 459 g/mol. The van der Waals surface area contributed by atoms with E-state index in [0.29, 0.717) is 17.1 Å². The van der Waals surface area contributed by atoms with Crippen molar-refractivity contribution in [1.29, 1.82) is 5.26 Å². The molecule has 0 radical (unpaired) electrons. The second-order valence-electron chi connectivity index (χ2n) is 7.97. The van der Waals surface area contributed by atoms with Gasteiger partial charge in [0.1, 0.15) is 6.04 Å². The Labute approximate surface area is 196 Å². The zero-order valence-electron chi connectivity index (χ0n) is 18.1. The van der Waals surface area contributed by atoms with Crippen molar-refractivity contribution in [1.82, 2.24) is 15.6 Å². The van der Waals surface area contributed by atoms with Gasteiger partial charge in [-0.05, 0) is 48.2 Å². The number of hydrogen-bond acceptors (Lipinski definition) is 6. The summed E-state index contributed by atoms with van der Waals surface area (Å²) in [6, 6.07) is 16.6.